The first-order valence-electron chi connectivity index (χ1n) is 5.90. The first kappa shape index (κ1) is 14.5. The summed E-state index contributed by atoms with van der Waals surface area (Å²) in [4.78, 5) is 2.09. The van der Waals surface area contributed by atoms with Gasteiger partial charge in [-0.1, -0.05) is 41.4 Å². The lowest BCUT2D eigenvalue weighted by atomic mass is 10.2. The third-order valence-electron chi connectivity index (χ3n) is 2.89. The highest BCUT2D eigenvalue weighted by molar-refractivity contribution is 6.33. The van der Waals surface area contributed by atoms with Crippen molar-refractivity contribution in [2.45, 2.75) is 12.4 Å². The van der Waals surface area contributed by atoms with Gasteiger partial charge in [-0.2, -0.15) is 0 Å². The molecule has 0 aliphatic carbocycles. The average molecular weight is 315 g/mol. The minimum absolute atomic E-state index is 0.470. The standard InChI is InChI=1S/C15H14Cl3N/c1-19(10-12-3-2-4-13(17)7-12)15-6-5-11(9-16)8-14(15)18/h2-8H,9-10H2,1H3. The molecule has 0 amide bonds. The molecule has 0 unspecified atom stereocenters. The number of rotatable bonds is 4. The molecule has 0 saturated heterocycles. The van der Waals surface area contributed by atoms with Gasteiger partial charge >= 0.3 is 0 Å². The third kappa shape index (κ3) is 3.79. The predicted octanol–water partition coefficient (Wildman–Crippen LogP) is 5.37. The molecule has 100 valence electrons. The Morgan fingerprint density at radius 3 is 2.42 bits per heavy atom. The lowest BCUT2D eigenvalue weighted by Gasteiger charge is -2.21. The van der Waals surface area contributed by atoms with Gasteiger partial charge in [-0.3, -0.25) is 0 Å². The minimum Gasteiger partial charge on any atom is -0.369 e. The third-order valence-corrected chi connectivity index (χ3v) is 3.73. The van der Waals surface area contributed by atoms with Crippen LogP contribution in [-0.4, -0.2) is 7.05 Å². The Labute approximate surface area is 128 Å². The fourth-order valence-electron chi connectivity index (χ4n) is 1.94. The van der Waals surface area contributed by atoms with E-state index in [4.69, 9.17) is 34.8 Å². The van der Waals surface area contributed by atoms with Crippen molar-refractivity contribution < 1.29 is 0 Å². The van der Waals surface area contributed by atoms with Crippen molar-refractivity contribution in [3.05, 3.63) is 63.6 Å². The normalized spacial score (nSPS) is 10.5. The molecule has 0 heterocycles. The van der Waals surface area contributed by atoms with Crippen molar-refractivity contribution >= 4 is 40.5 Å². The maximum Gasteiger partial charge on any atom is 0.0642 e. The highest BCUT2D eigenvalue weighted by Gasteiger charge is 2.07. The first-order chi connectivity index (χ1) is 9.10. The molecule has 19 heavy (non-hydrogen) atoms. The smallest absolute Gasteiger partial charge is 0.0642 e. The second kappa shape index (κ2) is 6.51. The van der Waals surface area contributed by atoms with E-state index in [0.717, 1.165) is 28.4 Å². The van der Waals surface area contributed by atoms with Crippen molar-refractivity contribution in [3.8, 4) is 0 Å². The van der Waals surface area contributed by atoms with E-state index >= 15 is 0 Å². The zero-order valence-corrected chi connectivity index (χ0v) is 12.8. The molecule has 2 aromatic rings. The van der Waals surface area contributed by atoms with Crippen LogP contribution in [0.3, 0.4) is 0 Å². The van der Waals surface area contributed by atoms with E-state index in [1.54, 1.807) is 0 Å². The second-order valence-corrected chi connectivity index (χ2v) is 5.52. The van der Waals surface area contributed by atoms with Crippen LogP contribution in [0, 0.1) is 0 Å². The van der Waals surface area contributed by atoms with Crippen LogP contribution in [0.25, 0.3) is 0 Å². The lowest BCUT2D eigenvalue weighted by Crippen LogP contribution is -2.16. The summed E-state index contributed by atoms with van der Waals surface area (Å²) in [6, 6.07) is 13.7. The number of benzene rings is 2. The Bertz CT molecular complexity index is 569. The molecule has 0 radical (unpaired) electrons. The topological polar surface area (TPSA) is 3.24 Å². The second-order valence-electron chi connectivity index (χ2n) is 4.41. The van der Waals surface area contributed by atoms with E-state index in [-0.39, 0.29) is 0 Å². The fourth-order valence-corrected chi connectivity index (χ4v) is 2.66. The van der Waals surface area contributed by atoms with Gasteiger partial charge in [-0.05, 0) is 35.4 Å². The van der Waals surface area contributed by atoms with Crippen molar-refractivity contribution in [3.63, 3.8) is 0 Å². The Hall–Kier alpha value is -0.890. The number of nitrogens with zero attached hydrogens (tertiary/aromatic N) is 1. The van der Waals surface area contributed by atoms with Gasteiger partial charge in [0.2, 0.25) is 0 Å². The molecule has 0 N–H and O–H groups in total. The molecule has 0 fully saturated rings. The van der Waals surface area contributed by atoms with E-state index < -0.39 is 0 Å². The van der Waals surface area contributed by atoms with Crippen LogP contribution in [0.2, 0.25) is 10.0 Å². The molecular weight excluding hydrogens is 301 g/mol. The highest BCUT2D eigenvalue weighted by atomic mass is 35.5. The van der Waals surface area contributed by atoms with E-state index in [2.05, 4.69) is 4.90 Å². The van der Waals surface area contributed by atoms with Crippen LogP contribution in [0.4, 0.5) is 5.69 Å². The van der Waals surface area contributed by atoms with Crippen LogP contribution >= 0.6 is 34.8 Å². The molecule has 0 saturated carbocycles. The number of anilines is 1. The first-order valence-corrected chi connectivity index (χ1v) is 7.19. The van der Waals surface area contributed by atoms with Gasteiger partial charge in [0.15, 0.2) is 0 Å². The van der Waals surface area contributed by atoms with Gasteiger partial charge in [0, 0.05) is 24.5 Å². The molecular formula is C15H14Cl3N. The Kier molecular flexibility index (Phi) is 4.98. The lowest BCUT2D eigenvalue weighted by molar-refractivity contribution is 0.923. The SMILES string of the molecule is CN(Cc1cccc(Cl)c1)c1ccc(CCl)cc1Cl. The van der Waals surface area contributed by atoms with Gasteiger partial charge in [0.1, 0.15) is 0 Å². The van der Waals surface area contributed by atoms with Crippen LogP contribution in [0.15, 0.2) is 42.5 Å². The van der Waals surface area contributed by atoms with Gasteiger partial charge in [-0.25, -0.2) is 0 Å². The fraction of sp³-hybridized carbons (Fsp3) is 0.200. The quantitative estimate of drug-likeness (QED) is 0.686. The maximum atomic E-state index is 6.27. The number of alkyl halides is 1. The molecule has 0 aliphatic rings. The molecule has 0 aliphatic heterocycles. The Morgan fingerprint density at radius 2 is 1.79 bits per heavy atom. The van der Waals surface area contributed by atoms with Crippen LogP contribution in [0.5, 0.6) is 0 Å². The summed E-state index contributed by atoms with van der Waals surface area (Å²) in [7, 11) is 2.00. The molecule has 0 atom stereocenters. The molecule has 0 aromatic heterocycles. The van der Waals surface area contributed by atoms with Gasteiger partial charge in [-0.15, -0.1) is 11.6 Å². The number of halogens is 3. The van der Waals surface area contributed by atoms with Crippen LogP contribution < -0.4 is 4.90 Å². The van der Waals surface area contributed by atoms with E-state index in [0.29, 0.717) is 10.9 Å². The summed E-state index contributed by atoms with van der Waals surface area (Å²) in [5.41, 5.74) is 3.15. The summed E-state index contributed by atoms with van der Waals surface area (Å²) in [6.45, 7) is 0.750. The molecule has 0 bridgehead atoms. The Morgan fingerprint density at radius 1 is 1.00 bits per heavy atom. The summed E-state index contributed by atoms with van der Waals surface area (Å²) >= 11 is 18.1. The summed E-state index contributed by atoms with van der Waals surface area (Å²) < 4.78 is 0. The zero-order valence-electron chi connectivity index (χ0n) is 10.5. The Balaban J connectivity index is 2.18. The summed E-state index contributed by atoms with van der Waals surface area (Å²) in [6.07, 6.45) is 0. The van der Waals surface area contributed by atoms with Gasteiger partial charge in [0.05, 0.1) is 10.7 Å². The molecule has 1 nitrogen and oxygen atoms in total. The van der Waals surface area contributed by atoms with E-state index in [9.17, 15) is 0 Å². The minimum atomic E-state index is 0.470. The average Bonchev–Trinajstić information content (AvgIpc) is 2.38. The number of hydrogen-bond donors (Lipinski definition) is 0. The summed E-state index contributed by atoms with van der Waals surface area (Å²) in [5.74, 6) is 0.470. The highest BCUT2D eigenvalue weighted by Crippen LogP contribution is 2.28. The monoisotopic (exact) mass is 313 g/mol. The molecule has 0 spiro atoms. The summed E-state index contributed by atoms with van der Waals surface area (Å²) in [5, 5.41) is 1.46. The number of hydrogen-bond acceptors (Lipinski definition) is 1. The van der Waals surface area contributed by atoms with E-state index in [1.165, 1.54) is 0 Å². The van der Waals surface area contributed by atoms with Gasteiger partial charge in [0.25, 0.3) is 0 Å². The van der Waals surface area contributed by atoms with Crippen molar-refractivity contribution in [1.29, 1.82) is 0 Å². The van der Waals surface area contributed by atoms with Crippen LogP contribution in [0.1, 0.15) is 11.1 Å². The van der Waals surface area contributed by atoms with E-state index in [1.807, 2.05) is 49.5 Å². The zero-order chi connectivity index (χ0) is 13.8. The maximum absolute atomic E-state index is 6.27. The largest absolute Gasteiger partial charge is 0.369 e. The van der Waals surface area contributed by atoms with Crippen molar-refractivity contribution in [2.24, 2.45) is 0 Å². The predicted molar refractivity (Wildman–Crippen MR) is 84.6 cm³/mol. The van der Waals surface area contributed by atoms with Crippen molar-refractivity contribution in [1.82, 2.24) is 0 Å². The van der Waals surface area contributed by atoms with Crippen LogP contribution in [-0.2, 0) is 12.4 Å². The molecule has 2 rings (SSSR count). The van der Waals surface area contributed by atoms with Gasteiger partial charge < -0.3 is 4.90 Å². The van der Waals surface area contributed by atoms with Crippen molar-refractivity contribution in [2.75, 3.05) is 11.9 Å². The molecule has 2 aromatic carbocycles. The molecule has 4 heteroatoms.